The molecule has 0 aliphatic heterocycles. The van der Waals surface area contributed by atoms with Crippen molar-refractivity contribution in [2.75, 3.05) is 6.38 Å². The van der Waals surface area contributed by atoms with Crippen LogP contribution < -0.4 is 0 Å². The summed E-state index contributed by atoms with van der Waals surface area (Å²) < 4.78 is 0. The van der Waals surface area contributed by atoms with Gasteiger partial charge in [-0.15, -0.1) is 18.0 Å². The molecule has 0 N–H and O–H groups in total. The molecule has 0 saturated heterocycles. The van der Waals surface area contributed by atoms with E-state index in [9.17, 15) is 0 Å². The molecule has 11 heavy (non-hydrogen) atoms. The SMILES string of the molecule is CCl.[C-]1=CC=CCCCC1.[Pd]. The largest absolute Gasteiger partial charge is 0.275 e. The minimum atomic E-state index is 0. The molecule has 0 atom stereocenters. The molecule has 0 spiro atoms. The van der Waals surface area contributed by atoms with E-state index in [0.29, 0.717) is 0 Å². The third-order valence-electron chi connectivity index (χ3n) is 1.29. The summed E-state index contributed by atoms with van der Waals surface area (Å²) in [7, 11) is 0. The molecular weight excluding hydrogens is 250 g/mol. The maximum atomic E-state index is 4.64. The van der Waals surface area contributed by atoms with Crippen molar-refractivity contribution in [1.29, 1.82) is 0 Å². The molecule has 0 bridgehead atoms. The maximum absolute atomic E-state index is 4.64. The molecule has 2 heteroatoms. The molecule has 1 aliphatic carbocycles. The molecule has 0 unspecified atom stereocenters. The van der Waals surface area contributed by atoms with Crippen molar-refractivity contribution in [2.45, 2.75) is 25.7 Å². The van der Waals surface area contributed by atoms with Gasteiger partial charge in [-0.05, 0) is 0 Å². The Morgan fingerprint density at radius 1 is 1.27 bits per heavy atom. The second-order valence-corrected chi connectivity index (χ2v) is 2.04. The first-order valence-corrected chi connectivity index (χ1v) is 4.35. The van der Waals surface area contributed by atoms with Crippen molar-refractivity contribution in [3.63, 3.8) is 0 Å². The van der Waals surface area contributed by atoms with Crippen molar-refractivity contribution < 1.29 is 20.4 Å². The van der Waals surface area contributed by atoms with Gasteiger partial charge in [0.15, 0.2) is 0 Å². The minimum Gasteiger partial charge on any atom is -0.275 e. The topological polar surface area (TPSA) is 0 Å². The smallest absolute Gasteiger partial charge is 0.0108 e. The molecule has 1 aliphatic rings. The summed E-state index contributed by atoms with van der Waals surface area (Å²) in [6, 6.07) is 0. The Morgan fingerprint density at radius 2 is 2.00 bits per heavy atom. The number of allylic oxidation sites excluding steroid dienone is 4. The molecule has 0 aromatic carbocycles. The number of halogens is 1. The first-order valence-electron chi connectivity index (χ1n) is 3.60. The molecule has 0 heterocycles. The van der Waals surface area contributed by atoms with Gasteiger partial charge < -0.3 is 0 Å². The van der Waals surface area contributed by atoms with Crippen molar-refractivity contribution in [2.24, 2.45) is 0 Å². The number of alkyl halides is 1. The van der Waals surface area contributed by atoms with Gasteiger partial charge in [0.1, 0.15) is 0 Å². The van der Waals surface area contributed by atoms with Gasteiger partial charge in [-0.1, -0.05) is 19.3 Å². The standard InChI is InChI=1S/C8H11.CH3Cl.Pd/c1-2-4-6-8-7-5-3-1;1-2;/h1-3H,4,6-8H2;1H3;/q-1;;. The average Bonchev–Trinajstić information content (AvgIpc) is 1.90. The number of rotatable bonds is 0. The molecule has 0 saturated carbocycles. The Balaban J connectivity index is 0. The molecule has 0 aromatic rings. The van der Waals surface area contributed by atoms with Gasteiger partial charge in [0.25, 0.3) is 0 Å². The average molecular weight is 264 g/mol. The van der Waals surface area contributed by atoms with Gasteiger partial charge in [-0.3, -0.25) is 6.08 Å². The Morgan fingerprint density at radius 3 is 2.73 bits per heavy atom. The predicted molar refractivity (Wildman–Crippen MR) is 47.2 cm³/mol. The van der Waals surface area contributed by atoms with Crippen LogP contribution >= 0.6 is 11.6 Å². The molecule has 1 rings (SSSR count). The molecule has 0 radical (unpaired) electrons. The van der Waals surface area contributed by atoms with Crippen LogP contribution in [0.4, 0.5) is 0 Å². The first kappa shape index (κ1) is 14.0. The fraction of sp³-hybridized carbons (Fsp3) is 0.556. The second kappa shape index (κ2) is 13.1. The molecule has 68 valence electrons. The van der Waals surface area contributed by atoms with E-state index in [1.807, 2.05) is 6.08 Å². The minimum absolute atomic E-state index is 0. The van der Waals surface area contributed by atoms with E-state index in [2.05, 4.69) is 29.8 Å². The zero-order valence-corrected chi connectivity index (χ0v) is 9.07. The van der Waals surface area contributed by atoms with E-state index < -0.39 is 0 Å². The first-order chi connectivity index (χ1) is 5.00. The van der Waals surface area contributed by atoms with E-state index >= 15 is 0 Å². The molecular formula is C9H14ClPd-. The summed E-state index contributed by atoms with van der Waals surface area (Å²) in [6.45, 7) is 0. The third kappa shape index (κ3) is 10.4. The van der Waals surface area contributed by atoms with Crippen LogP contribution in [0.2, 0.25) is 0 Å². The van der Waals surface area contributed by atoms with Crippen molar-refractivity contribution >= 4 is 11.6 Å². The summed E-state index contributed by atoms with van der Waals surface area (Å²) >= 11 is 4.64. The van der Waals surface area contributed by atoms with Crippen LogP contribution in [0, 0.1) is 6.08 Å². The van der Waals surface area contributed by atoms with Crippen LogP contribution in [-0.2, 0) is 20.4 Å². The number of hydrogen-bond donors (Lipinski definition) is 0. The Bertz CT molecular complexity index is 94.1. The van der Waals surface area contributed by atoms with Gasteiger partial charge in [0, 0.05) is 26.8 Å². The molecule has 0 aromatic heterocycles. The summed E-state index contributed by atoms with van der Waals surface area (Å²) in [5.41, 5.74) is 0. The fourth-order valence-corrected chi connectivity index (χ4v) is 0.805. The molecule has 0 amide bonds. The van der Waals surface area contributed by atoms with Gasteiger partial charge in [-0.25, -0.2) is 12.2 Å². The summed E-state index contributed by atoms with van der Waals surface area (Å²) in [5.74, 6) is 0. The van der Waals surface area contributed by atoms with E-state index in [1.54, 1.807) is 0 Å². The second-order valence-electron chi connectivity index (χ2n) is 2.04. The fourth-order valence-electron chi connectivity index (χ4n) is 0.805. The van der Waals surface area contributed by atoms with Crippen LogP contribution in [0.15, 0.2) is 18.2 Å². The van der Waals surface area contributed by atoms with Gasteiger partial charge in [0.05, 0.1) is 0 Å². The van der Waals surface area contributed by atoms with Crippen LogP contribution in [0.3, 0.4) is 0 Å². The quantitative estimate of drug-likeness (QED) is 0.357. The Kier molecular flexibility index (Phi) is 16.6. The summed E-state index contributed by atoms with van der Waals surface area (Å²) in [6.07, 6.45) is 16.0. The Labute approximate surface area is 88.4 Å². The zero-order chi connectivity index (χ0) is 7.66. The van der Waals surface area contributed by atoms with Crippen molar-refractivity contribution in [3.05, 3.63) is 24.3 Å². The summed E-state index contributed by atoms with van der Waals surface area (Å²) in [5, 5.41) is 0. The zero-order valence-electron chi connectivity index (χ0n) is 6.75. The van der Waals surface area contributed by atoms with E-state index in [1.165, 1.54) is 25.6 Å². The van der Waals surface area contributed by atoms with Gasteiger partial charge >= 0.3 is 0 Å². The van der Waals surface area contributed by atoms with E-state index in [0.717, 1.165) is 6.42 Å². The summed E-state index contributed by atoms with van der Waals surface area (Å²) in [4.78, 5) is 0. The van der Waals surface area contributed by atoms with Crippen LogP contribution in [0.1, 0.15) is 25.7 Å². The van der Waals surface area contributed by atoms with Crippen molar-refractivity contribution in [3.8, 4) is 0 Å². The van der Waals surface area contributed by atoms with Gasteiger partial charge in [0.2, 0.25) is 0 Å². The van der Waals surface area contributed by atoms with E-state index in [4.69, 9.17) is 0 Å². The number of hydrogen-bond acceptors (Lipinski definition) is 0. The Hall–Kier alpha value is 0.432. The van der Waals surface area contributed by atoms with Crippen LogP contribution in [0.25, 0.3) is 0 Å². The van der Waals surface area contributed by atoms with Crippen LogP contribution in [-0.4, -0.2) is 6.38 Å². The van der Waals surface area contributed by atoms with Crippen molar-refractivity contribution in [1.82, 2.24) is 0 Å². The normalized spacial score (nSPS) is 15.1. The maximum Gasteiger partial charge on any atom is 0.0108 e. The van der Waals surface area contributed by atoms with Gasteiger partial charge in [-0.2, -0.15) is 6.08 Å². The molecule has 0 nitrogen and oxygen atoms in total. The predicted octanol–water partition coefficient (Wildman–Crippen LogP) is 3.33. The van der Waals surface area contributed by atoms with E-state index in [-0.39, 0.29) is 20.4 Å². The monoisotopic (exact) mass is 263 g/mol. The molecule has 0 fully saturated rings. The third-order valence-corrected chi connectivity index (χ3v) is 1.29. The van der Waals surface area contributed by atoms with Crippen LogP contribution in [0.5, 0.6) is 0 Å².